The molecule has 1 atom stereocenters. The summed E-state index contributed by atoms with van der Waals surface area (Å²) in [6.07, 6.45) is 0. The minimum absolute atomic E-state index is 0.101. The molecule has 1 aromatic heterocycles. The smallest absolute Gasteiger partial charge is 0.312 e. The van der Waals surface area contributed by atoms with Crippen molar-refractivity contribution in [1.29, 1.82) is 0 Å². The van der Waals surface area contributed by atoms with Crippen LogP contribution in [0.4, 0.5) is 4.79 Å². The number of amides is 2. The molecule has 0 fully saturated rings. The van der Waals surface area contributed by atoms with Crippen LogP contribution in [-0.2, 0) is 0 Å². The highest BCUT2D eigenvalue weighted by molar-refractivity contribution is 5.72. The van der Waals surface area contributed by atoms with Crippen LogP contribution in [0, 0.1) is 13.8 Å². The number of carbonyl (C=O) groups excluding carboxylic acids is 1. The molecule has 72 valence electrons. The van der Waals surface area contributed by atoms with Crippen molar-refractivity contribution in [2.45, 2.75) is 26.8 Å². The van der Waals surface area contributed by atoms with E-state index in [1.807, 2.05) is 20.8 Å². The molecule has 0 aliphatic carbocycles. The van der Waals surface area contributed by atoms with Gasteiger partial charge in [-0.3, -0.25) is 5.10 Å². The van der Waals surface area contributed by atoms with Gasteiger partial charge in [0.1, 0.15) is 0 Å². The van der Waals surface area contributed by atoms with Gasteiger partial charge < -0.3 is 11.1 Å². The first-order chi connectivity index (χ1) is 6.02. The van der Waals surface area contributed by atoms with Crippen LogP contribution < -0.4 is 11.1 Å². The molecule has 0 aliphatic heterocycles. The van der Waals surface area contributed by atoms with Gasteiger partial charge in [0.2, 0.25) is 0 Å². The molecule has 1 aromatic rings. The summed E-state index contributed by atoms with van der Waals surface area (Å²) >= 11 is 0. The van der Waals surface area contributed by atoms with Gasteiger partial charge in [-0.25, -0.2) is 4.79 Å². The van der Waals surface area contributed by atoms with Crippen LogP contribution in [0.1, 0.15) is 29.9 Å². The molecule has 0 unspecified atom stereocenters. The second kappa shape index (κ2) is 3.47. The van der Waals surface area contributed by atoms with Crippen LogP contribution in [0.2, 0.25) is 0 Å². The van der Waals surface area contributed by atoms with Crippen molar-refractivity contribution in [2.75, 3.05) is 0 Å². The van der Waals surface area contributed by atoms with E-state index in [0.29, 0.717) is 0 Å². The van der Waals surface area contributed by atoms with Gasteiger partial charge in [0.15, 0.2) is 0 Å². The molecule has 13 heavy (non-hydrogen) atoms. The van der Waals surface area contributed by atoms with Gasteiger partial charge in [-0.15, -0.1) is 0 Å². The minimum Gasteiger partial charge on any atom is -0.352 e. The van der Waals surface area contributed by atoms with E-state index in [2.05, 4.69) is 15.5 Å². The quantitative estimate of drug-likeness (QED) is 0.630. The molecule has 0 spiro atoms. The number of hydrogen-bond acceptors (Lipinski definition) is 2. The Balaban J connectivity index is 2.87. The molecular formula is C8H14N4O. The first-order valence-corrected chi connectivity index (χ1v) is 4.09. The molecule has 0 radical (unpaired) electrons. The predicted molar refractivity (Wildman–Crippen MR) is 49.2 cm³/mol. The molecule has 2 amide bonds. The fourth-order valence-electron chi connectivity index (χ4n) is 1.48. The van der Waals surface area contributed by atoms with E-state index in [1.165, 1.54) is 0 Å². The molecular weight excluding hydrogens is 168 g/mol. The lowest BCUT2D eigenvalue weighted by atomic mass is 10.1. The van der Waals surface area contributed by atoms with Crippen LogP contribution in [0.5, 0.6) is 0 Å². The second-order valence-electron chi connectivity index (χ2n) is 3.08. The molecule has 1 heterocycles. The number of aromatic amines is 1. The SMILES string of the molecule is Cc1n[nH]c(C)c1[C@@H](C)NC(N)=O. The van der Waals surface area contributed by atoms with E-state index in [4.69, 9.17) is 5.73 Å². The fourth-order valence-corrected chi connectivity index (χ4v) is 1.48. The summed E-state index contributed by atoms with van der Waals surface area (Å²) in [5.41, 5.74) is 7.86. The molecule has 0 bridgehead atoms. The normalized spacial score (nSPS) is 12.5. The number of nitrogens with zero attached hydrogens (tertiary/aromatic N) is 1. The second-order valence-corrected chi connectivity index (χ2v) is 3.08. The van der Waals surface area contributed by atoms with Crippen LogP contribution in [0.3, 0.4) is 0 Å². The number of urea groups is 1. The van der Waals surface area contributed by atoms with E-state index in [-0.39, 0.29) is 6.04 Å². The van der Waals surface area contributed by atoms with Crippen LogP contribution in [-0.4, -0.2) is 16.2 Å². The maximum absolute atomic E-state index is 10.6. The highest BCUT2D eigenvalue weighted by atomic mass is 16.2. The maximum Gasteiger partial charge on any atom is 0.312 e. The van der Waals surface area contributed by atoms with Crippen molar-refractivity contribution in [3.8, 4) is 0 Å². The Labute approximate surface area is 76.7 Å². The van der Waals surface area contributed by atoms with Crippen LogP contribution in [0.25, 0.3) is 0 Å². The number of nitrogens with one attached hydrogen (secondary N) is 2. The van der Waals surface area contributed by atoms with Crippen molar-refractivity contribution in [2.24, 2.45) is 5.73 Å². The lowest BCUT2D eigenvalue weighted by Gasteiger charge is -2.11. The van der Waals surface area contributed by atoms with Crippen molar-refractivity contribution >= 4 is 6.03 Å². The third-order valence-electron chi connectivity index (χ3n) is 1.98. The Bertz CT molecular complexity index is 298. The minimum atomic E-state index is -0.521. The summed E-state index contributed by atoms with van der Waals surface area (Å²) in [4.78, 5) is 10.6. The van der Waals surface area contributed by atoms with Gasteiger partial charge in [-0.1, -0.05) is 0 Å². The zero-order valence-corrected chi connectivity index (χ0v) is 8.01. The number of primary amides is 1. The molecule has 0 saturated carbocycles. The zero-order chi connectivity index (χ0) is 10.0. The molecule has 0 aliphatic rings. The Morgan fingerprint density at radius 1 is 1.62 bits per heavy atom. The predicted octanol–water partition coefficient (Wildman–Crippen LogP) is 0.756. The highest BCUT2D eigenvalue weighted by Crippen LogP contribution is 2.18. The van der Waals surface area contributed by atoms with Gasteiger partial charge >= 0.3 is 6.03 Å². The summed E-state index contributed by atoms with van der Waals surface area (Å²) in [7, 11) is 0. The van der Waals surface area contributed by atoms with E-state index < -0.39 is 6.03 Å². The van der Waals surface area contributed by atoms with Crippen LogP contribution >= 0.6 is 0 Å². The number of rotatable bonds is 2. The molecule has 0 aromatic carbocycles. The maximum atomic E-state index is 10.6. The first kappa shape index (κ1) is 9.57. The van der Waals surface area contributed by atoms with Crippen LogP contribution in [0.15, 0.2) is 0 Å². The van der Waals surface area contributed by atoms with Gasteiger partial charge in [0.25, 0.3) is 0 Å². The summed E-state index contributed by atoms with van der Waals surface area (Å²) in [6.45, 7) is 5.67. The average molecular weight is 182 g/mol. The van der Waals surface area contributed by atoms with Crippen molar-refractivity contribution < 1.29 is 4.79 Å². The molecule has 5 heteroatoms. The number of carbonyl (C=O) groups is 1. The molecule has 0 saturated heterocycles. The number of aromatic nitrogens is 2. The summed E-state index contributed by atoms with van der Waals surface area (Å²) in [5.74, 6) is 0. The number of H-pyrrole nitrogens is 1. The first-order valence-electron chi connectivity index (χ1n) is 4.09. The Morgan fingerprint density at radius 3 is 2.62 bits per heavy atom. The molecule has 1 rings (SSSR count). The summed E-state index contributed by atoms with van der Waals surface area (Å²) in [5, 5.41) is 9.48. The lowest BCUT2D eigenvalue weighted by molar-refractivity contribution is 0.246. The third kappa shape index (κ3) is 1.99. The standard InChI is InChI=1S/C8H14N4O/c1-4(10-8(9)13)7-5(2)11-12-6(7)3/h4H,1-3H3,(H,11,12)(H3,9,10,13)/t4-/m1/s1. The lowest BCUT2D eigenvalue weighted by Crippen LogP contribution is -2.32. The van der Waals surface area contributed by atoms with E-state index >= 15 is 0 Å². The van der Waals surface area contributed by atoms with Gasteiger partial charge in [0, 0.05) is 11.3 Å². The van der Waals surface area contributed by atoms with E-state index in [9.17, 15) is 4.79 Å². The number of hydrogen-bond donors (Lipinski definition) is 3. The fraction of sp³-hybridized carbons (Fsp3) is 0.500. The van der Waals surface area contributed by atoms with Crippen molar-refractivity contribution in [3.63, 3.8) is 0 Å². The van der Waals surface area contributed by atoms with Crippen molar-refractivity contribution in [1.82, 2.24) is 15.5 Å². The monoisotopic (exact) mass is 182 g/mol. The molecule has 4 N–H and O–H groups in total. The Kier molecular flexibility index (Phi) is 2.55. The Hall–Kier alpha value is -1.52. The zero-order valence-electron chi connectivity index (χ0n) is 8.01. The Morgan fingerprint density at radius 2 is 2.23 bits per heavy atom. The van der Waals surface area contributed by atoms with Crippen molar-refractivity contribution in [3.05, 3.63) is 17.0 Å². The largest absolute Gasteiger partial charge is 0.352 e. The van der Waals surface area contributed by atoms with Gasteiger partial charge in [-0.05, 0) is 20.8 Å². The highest BCUT2D eigenvalue weighted by Gasteiger charge is 2.14. The topological polar surface area (TPSA) is 83.8 Å². The van der Waals surface area contributed by atoms with E-state index in [1.54, 1.807) is 0 Å². The molecule has 5 nitrogen and oxygen atoms in total. The van der Waals surface area contributed by atoms with Gasteiger partial charge in [0.05, 0.1) is 11.7 Å². The van der Waals surface area contributed by atoms with Gasteiger partial charge in [-0.2, -0.15) is 5.10 Å². The van der Waals surface area contributed by atoms with E-state index in [0.717, 1.165) is 17.0 Å². The number of aryl methyl sites for hydroxylation is 2. The third-order valence-corrected chi connectivity index (χ3v) is 1.98. The number of nitrogens with two attached hydrogens (primary N) is 1. The average Bonchev–Trinajstić information content (AvgIpc) is 2.29. The summed E-state index contributed by atoms with van der Waals surface area (Å²) < 4.78 is 0. The summed E-state index contributed by atoms with van der Waals surface area (Å²) in [6, 6.07) is -0.622.